The highest BCUT2D eigenvalue weighted by Gasteiger charge is 2.31. The van der Waals surface area contributed by atoms with Gasteiger partial charge >= 0.3 is 5.97 Å². The molecule has 0 aliphatic carbocycles. The van der Waals surface area contributed by atoms with Crippen LogP contribution in [0.15, 0.2) is 6.07 Å². The van der Waals surface area contributed by atoms with Gasteiger partial charge in [-0.3, -0.25) is 4.79 Å². The average Bonchev–Trinajstić information content (AvgIpc) is 2.18. The Hall–Kier alpha value is -1.23. The van der Waals surface area contributed by atoms with Crippen LogP contribution in [0.2, 0.25) is 5.02 Å². The molecule has 0 fully saturated rings. The van der Waals surface area contributed by atoms with Crippen molar-refractivity contribution in [2.24, 2.45) is 0 Å². The van der Waals surface area contributed by atoms with E-state index >= 15 is 0 Å². The van der Waals surface area contributed by atoms with Gasteiger partial charge in [-0.05, 0) is 6.07 Å². The van der Waals surface area contributed by atoms with E-state index in [0.29, 0.717) is 0 Å². The number of carboxylic acids is 1. The van der Waals surface area contributed by atoms with Gasteiger partial charge in [0.2, 0.25) is 0 Å². The Morgan fingerprint density at radius 1 is 1.35 bits per heavy atom. The van der Waals surface area contributed by atoms with E-state index in [9.17, 15) is 18.0 Å². The van der Waals surface area contributed by atoms with Crippen LogP contribution in [0.3, 0.4) is 0 Å². The topological polar surface area (TPSA) is 37.3 Å². The highest BCUT2D eigenvalue weighted by atomic mass is 35.5. The smallest absolute Gasteiger partial charge is 0.304 e. The lowest BCUT2D eigenvalue weighted by molar-refractivity contribution is -0.138. The standard InChI is InChI=1S/C11H10ClF3O2/c1-11(2,4-7(16)17)5-3-6(13)8(12)10(15)9(5)14/h3H,4H2,1-2H3,(H,16,17). The number of carbonyl (C=O) groups is 1. The average molecular weight is 267 g/mol. The predicted octanol–water partition coefficient (Wildman–Crippen LogP) is 3.51. The zero-order valence-electron chi connectivity index (χ0n) is 9.15. The Morgan fingerprint density at radius 2 is 1.88 bits per heavy atom. The van der Waals surface area contributed by atoms with Gasteiger partial charge < -0.3 is 5.11 Å². The number of rotatable bonds is 3. The molecule has 0 spiro atoms. The van der Waals surface area contributed by atoms with Gasteiger partial charge in [0, 0.05) is 11.0 Å². The maximum absolute atomic E-state index is 13.6. The summed E-state index contributed by atoms with van der Waals surface area (Å²) < 4.78 is 40.0. The molecule has 2 nitrogen and oxygen atoms in total. The zero-order chi connectivity index (χ0) is 13.4. The van der Waals surface area contributed by atoms with Crippen LogP contribution in [-0.2, 0) is 10.2 Å². The number of halogens is 4. The molecule has 94 valence electrons. The first kappa shape index (κ1) is 13.8. The van der Waals surface area contributed by atoms with Crippen LogP contribution in [0, 0.1) is 17.5 Å². The molecule has 6 heteroatoms. The summed E-state index contributed by atoms with van der Waals surface area (Å²) in [5, 5.41) is 7.73. The Morgan fingerprint density at radius 3 is 2.35 bits per heavy atom. The van der Waals surface area contributed by atoms with Crippen molar-refractivity contribution in [3.63, 3.8) is 0 Å². The van der Waals surface area contributed by atoms with Gasteiger partial charge in [-0.25, -0.2) is 13.2 Å². The van der Waals surface area contributed by atoms with Gasteiger partial charge in [-0.15, -0.1) is 0 Å². The minimum absolute atomic E-state index is 0.348. The Kier molecular flexibility index (Phi) is 3.71. The van der Waals surface area contributed by atoms with Crippen LogP contribution in [0.5, 0.6) is 0 Å². The van der Waals surface area contributed by atoms with Crippen molar-refractivity contribution in [2.75, 3.05) is 0 Å². The number of hydrogen-bond acceptors (Lipinski definition) is 1. The van der Waals surface area contributed by atoms with Crippen LogP contribution in [0.1, 0.15) is 25.8 Å². The molecule has 0 heterocycles. The number of benzene rings is 1. The van der Waals surface area contributed by atoms with Gasteiger partial charge in [0.15, 0.2) is 11.6 Å². The van der Waals surface area contributed by atoms with E-state index < -0.39 is 40.3 Å². The second kappa shape index (κ2) is 4.56. The molecule has 1 aromatic rings. The first-order valence-corrected chi connectivity index (χ1v) is 5.10. The van der Waals surface area contributed by atoms with Crippen LogP contribution in [-0.4, -0.2) is 11.1 Å². The van der Waals surface area contributed by atoms with Crippen molar-refractivity contribution in [1.29, 1.82) is 0 Å². The molecule has 0 aliphatic heterocycles. The highest BCUT2D eigenvalue weighted by Crippen LogP contribution is 2.34. The first-order chi connectivity index (χ1) is 7.66. The monoisotopic (exact) mass is 266 g/mol. The summed E-state index contributed by atoms with van der Waals surface area (Å²) in [6.07, 6.45) is -0.454. The minimum atomic E-state index is -1.50. The van der Waals surface area contributed by atoms with Crippen LogP contribution in [0.25, 0.3) is 0 Å². The largest absolute Gasteiger partial charge is 0.481 e. The lowest BCUT2D eigenvalue weighted by Crippen LogP contribution is -2.24. The minimum Gasteiger partial charge on any atom is -0.481 e. The van der Waals surface area contributed by atoms with Crippen LogP contribution >= 0.6 is 11.6 Å². The van der Waals surface area contributed by atoms with Crippen molar-refractivity contribution >= 4 is 17.6 Å². The summed E-state index contributed by atoms with van der Waals surface area (Å²) in [5.41, 5.74) is -1.58. The number of hydrogen-bond donors (Lipinski definition) is 1. The molecule has 0 atom stereocenters. The molecule has 1 rings (SSSR count). The molecule has 1 N–H and O–H groups in total. The fourth-order valence-corrected chi connectivity index (χ4v) is 1.68. The maximum Gasteiger partial charge on any atom is 0.304 e. The highest BCUT2D eigenvalue weighted by molar-refractivity contribution is 6.30. The quantitative estimate of drug-likeness (QED) is 0.671. The van der Waals surface area contributed by atoms with Crippen molar-refractivity contribution in [2.45, 2.75) is 25.7 Å². The van der Waals surface area contributed by atoms with Crippen LogP contribution < -0.4 is 0 Å². The normalized spacial score (nSPS) is 11.6. The van der Waals surface area contributed by atoms with Crippen molar-refractivity contribution in [3.05, 3.63) is 34.1 Å². The molecule has 0 aromatic heterocycles. The van der Waals surface area contributed by atoms with E-state index in [4.69, 9.17) is 16.7 Å². The molecular weight excluding hydrogens is 257 g/mol. The summed E-state index contributed by atoms with van der Waals surface area (Å²) in [6.45, 7) is 2.76. The fraction of sp³-hybridized carbons (Fsp3) is 0.364. The van der Waals surface area contributed by atoms with E-state index in [2.05, 4.69) is 0 Å². The molecule has 0 saturated carbocycles. The first-order valence-electron chi connectivity index (χ1n) is 4.72. The van der Waals surface area contributed by atoms with Crippen molar-refractivity contribution < 1.29 is 23.1 Å². The van der Waals surface area contributed by atoms with Gasteiger partial charge in [0.05, 0.1) is 6.42 Å². The van der Waals surface area contributed by atoms with Gasteiger partial charge in [0.1, 0.15) is 10.8 Å². The Bertz CT molecular complexity index is 472. The Labute approximate surface area is 101 Å². The summed E-state index contributed by atoms with van der Waals surface area (Å²) in [4.78, 5) is 10.6. The van der Waals surface area contributed by atoms with Crippen molar-refractivity contribution in [1.82, 2.24) is 0 Å². The summed E-state index contributed by atoms with van der Waals surface area (Å²) >= 11 is 5.20. The second-order valence-corrected chi connectivity index (χ2v) is 4.68. The van der Waals surface area contributed by atoms with E-state index in [1.54, 1.807) is 0 Å². The zero-order valence-corrected chi connectivity index (χ0v) is 9.91. The van der Waals surface area contributed by atoms with Gasteiger partial charge in [-0.2, -0.15) is 0 Å². The van der Waals surface area contributed by atoms with Crippen molar-refractivity contribution in [3.8, 4) is 0 Å². The summed E-state index contributed by atoms with van der Waals surface area (Å²) in [5.74, 6) is -5.12. The third-order valence-electron chi connectivity index (χ3n) is 2.42. The predicted molar refractivity (Wildman–Crippen MR) is 56.6 cm³/mol. The van der Waals surface area contributed by atoms with E-state index in [1.807, 2.05) is 0 Å². The van der Waals surface area contributed by atoms with Gasteiger partial charge in [-0.1, -0.05) is 25.4 Å². The fourth-order valence-electron chi connectivity index (χ4n) is 1.54. The number of aliphatic carboxylic acids is 1. The molecule has 0 saturated heterocycles. The third kappa shape index (κ3) is 2.72. The second-order valence-electron chi connectivity index (χ2n) is 4.30. The van der Waals surface area contributed by atoms with E-state index in [-0.39, 0.29) is 5.56 Å². The van der Waals surface area contributed by atoms with E-state index in [0.717, 1.165) is 6.07 Å². The molecule has 0 radical (unpaired) electrons. The molecular formula is C11H10ClF3O2. The lowest BCUT2D eigenvalue weighted by Gasteiger charge is -2.24. The Balaban J connectivity index is 3.37. The molecule has 0 unspecified atom stereocenters. The molecule has 0 aliphatic rings. The SMILES string of the molecule is CC(C)(CC(=O)O)c1cc(F)c(Cl)c(F)c1F. The molecule has 0 bridgehead atoms. The third-order valence-corrected chi connectivity index (χ3v) is 2.77. The lowest BCUT2D eigenvalue weighted by atomic mass is 9.81. The van der Waals surface area contributed by atoms with Crippen LogP contribution in [0.4, 0.5) is 13.2 Å². The summed E-state index contributed by atoms with van der Waals surface area (Å²) in [6, 6.07) is 0.726. The summed E-state index contributed by atoms with van der Waals surface area (Å²) in [7, 11) is 0. The maximum atomic E-state index is 13.6. The molecule has 17 heavy (non-hydrogen) atoms. The molecule has 1 aromatic carbocycles. The van der Waals surface area contributed by atoms with E-state index in [1.165, 1.54) is 13.8 Å². The molecule has 0 amide bonds. The van der Waals surface area contributed by atoms with Gasteiger partial charge in [0.25, 0.3) is 0 Å². The number of carboxylic acid groups (broad SMARTS) is 1.